The number of halogens is 3. The maximum Gasteiger partial charge on any atom is 0.573 e. The van der Waals surface area contributed by atoms with Crippen molar-refractivity contribution in [3.63, 3.8) is 0 Å². The molecule has 0 heterocycles. The lowest BCUT2D eigenvalue weighted by molar-refractivity contribution is -0.274. The first-order valence-corrected chi connectivity index (χ1v) is 6.34. The lowest BCUT2D eigenvalue weighted by atomic mass is 10.1. The average molecular weight is 278 g/mol. The number of alkyl halides is 3. The molecule has 0 spiro atoms. The Labute approximate surface area is 108 Å². The van der Waals surface area contributed by atoms with Gasteiger partial charge >= 0.3 is 6.36 Å². The number of para-hydroxylation sites is 1. The average Bonchev–Trinajstić information content (AvgIpc) is 2.24. The third-order valence-corrected chi connectivity index (χ3v) is 3.06. The molecular formula is C12H13F3O2S. The van der Waals surface area contributed by atoms with E-state index in [1.807, 2.05) is 13.8 Å². The van der Waals surface area contributed by atoms with Crippen LogP contribution in [0.5, 0.6) is 5.75 Å². The number of ether oxygens (including phenoxy) is 1. The first-order chi connectivity index (χ1) is 8.29. The second-order valence-electron chi connectivity index (χ2n) is 3.83. The molecule has 100 valence electrons. The molecule has 0 N–H and O–H groups in total. The standard InChI is InChI=1S/C12H13F3O2S/c1-8(2)18-7-10(16)9-5-3-4-6-11(9)17-12(13,14)15/h3-6,8H,7H2,1-2H3. The highest BCUT2D eigenvalue weighted by Gasteiger charge is 2.32. The van der Waals surface area contributed by atoms with E-state index >= 15 is 0 Å². The Morgan fingerprint density at radius 1 is 1.33 bits per heavy atom. The Bertz CT molecular complexity index is 416. The second kappa shape index (κ2) is 6.13. The molecule has 0 fully saturated rings. The lowest BCUT2D eigenvalue weighted by Gasteiger charge is -2.12. The number of hydrogen-bond donors (Lipinski definition) is 0. The molecule has 6 heteroatoms. The maximum absolute atomic E-state index is 12.2. The van der Waals surface area contributed by atoms with Crippen LogP contribution in [0.3, 0.4) is 0 Å². The minimum absolute atomic E-state index is 0.0389. The van der Waals surface area contributed by atoms with Gasteiger partial charge < -0.3 is 4.74 Å². The van der Waals surface area contributed by atoms with Crippen LogP contribution in [0.15, 0.2) is 24.3 Å². The lowest BCUT2D eigenvalue weighted by Crippen LogP contribution is -2.19. The molecule has 0 aromatic heterocycles. The molecule has 18 heavy (non-hydrogen) atoms. The van der Waals surface area contributed by atoms with Gasteiger partial charge in [0.2, 0.25) is 0 Å². The summed E-state index contributed by atoms with van der Waals surface area (Å²) in [5.74, 6) is -0.677. The molecule has 2 nitrogen and oxygen atoms in total. The molecule has 1 aromatic carbocycles. The van der Waals surface area contributed by atoms with Crippen molar-refractivity contribution in [3.8, 4) is 5.75 Å². The fraction of sp³-hybridized carbons (Fsp3) is 0.417. The van der Waals surface area contributed by atoms with Crippen molar-refractivity contribution in [2.24, 2.45) is 0 Å². The summed E-state index contributed by atoms with van der Waals surface area (Å²) >= 11 is 1.37. The molecule has 0 unspecified atom stereocenters. The van der Waals surface area contributed by atoms with Gasteiger partial charge in [-0.3, -0.25) is 4.79 Å². The summed E-state index contributed by atoms with van der Waals surface area (Å²) in [5.41, 5.74) is -0.0389. The molecule has 1 aromatic rings. The molecule has 0 aliphatic rings. The maximum atomic E-state index is 12.2. The first kappa shape index (κ1) is 14.9. The second-order valence-corrected chi connectivity index (χ2v) is 5.39. The van der Waals surface area contributed by atoms with E-state index in [2.05, 4.69) is 4.74 Å². The Morgan fingerprint density at radius 3 is 2.50 bits per heavy atom. The van der Waals surface area contributed by atoms with Gasteiger partial charge in [-0.2, -0.15) is 11.8 Å². The van der Waals surface area contributed by atoms with Gasteiger partial charge in [0.15, 0.2) is 5.78 Å². The van der Waals surface area contributed by atoms with Crippen LogP contribution < -0.4 is 4.74 Å². The summed E-state index contributed by atoms with van der Waals surface area (Å²) < 4.78 is 40.3. The van der Waals surface area contributed by atoms with Crippen molar-refractivity contribution in [2.45, 2.75) is 25.5 Å². The van der Waals surface area contributed by atoms with Gasteiger partial charge in [0.1, 0.15) is 5.75 Å². The van der Waals surface area contributed by atoms with E-state index in [0.717, 1.165) is 6.07 Å². The third-order valence-electron chi connectivity index (χ3n) is 1.96. The molecule has 0 atom stereocenters. The highest BCUT2D eigenvalue weighted by Crippen LogP contribution is 2.27. The number of Topliss-reactive ketones (excluding diaryl/α,β-unsaturated/α-hetero) is 1. The van der Waals surface area contributed by atoms with Crippen molar-refractivity contribution >= 4 is 17.5 Å². The van der Waals surface area contributed by atoms with Crippen LogP contribution >= 0.6 is 11.8 Å². The van der Waals surface area contributed by atoms with Crippen molar-refractivity contribution in [2.75, 3.05) is 5.75 Å². The Morgan fingerprint density at radius 2 is 1.94 bits per heavy atom. The van der Waals surface area contributed by atoms with Gasteiger partial charge in [-0.25, -0.2) is 0 Å². The summed E-state index contributed by atoms with van der Waals surface area (Å²) in [5, 5.41) is 0.240. The summed E-state index contributed by atoms with van der Waals surface area (Å²) in [6, 6.07) is 5.38. The molecule has 0 radical (unpaired) electrons. The number of carbonyl (C=O) groups excluding carboxylic acids is 1. The van der Waals surface area contributed by atoms with Gasteiger partial charge in [-0.15, -0.1) is 13.2 Å². The molecule has 0 amide bonds. The monoisotopic (exact) mass is 278 g/mol. The van der Waals surface area contributed by atoms with E-state index < -0.39 is 12.1 Å². The molecule has 1 rings (SSSR count). The molecule has 0 bridgehead atoms. The molecule has 0 saturated heterocycles. The Kier molecular flexibility index (Phi) is 5.07. The number of benzene rings is 1. The topological polar surface area (TPSA) is 26.3 Å². The zero-order valence-electron chi connectivity index (χ0n) is 9.95. The van der Waals surface area contributed by atoms with E-state index in [1.54, 1.807) is 0 Å². The zero-order chi connectivity index (χ0) is 13.8. The van der Waals surface area contributed by atoms with Gasteiger partial charge in [0.05, 0.1) is 11.3 Å². The van der Waals surface area contributed by atoms with E-state index in [-0.39, 0.29) is 22.3 Å². The van der Waals surface area contributed by atoms with Crippen molar-refractivity contribution in [1.29, 1.82) is 0 Å². The molecule has 0 aliphatic heterocycles. The Balaban J connectivity index is 2.84. The predicted octanol–water partition coefficient (Wildman–Crippen LogP) is 3.91. The molecular weight excluding hydrogens is 265 g/mol. The summed E-state index contributed by atoms with van der Waals surface area (Å²) in [6.45, 7) is 3.83. The molecule has 0 aliphatic carbocycles. The van der Waals surface area contributed by atoms with Crippen LogP contribution in [0.25, 0.3) is 0 Å². The van der Waals surface area contributed by atoms with E-state index in [9.17, 15) is 18.0 Å². The van der Waals surface area contributed by atoms with Crippen LogP contribution in [0.2, 0.25) is 0 Å². The normalized spacial score (nSPS) is 11.7. The number of ketones is 1. The predicted molar refractivity (Wildman–Crippen MR) is 65.0 cm³/mol. The van der Waals surface area contributed by atoms with Crippen LogP contribution in [-0.2, 0) is 0 Å². The fourth-order valence-electron chi connectivity index (χ4n) is 1.23. The minimum Gasteiger partial charge on any atom is -0.405 e. The highest BCUT2D eigenvalue weighted by molar-refractivity contribution is 8.00. The SMILES string of the molecule is CC(C)SCC(=O)c1ccccc1OC(F)(F)F. The van der Waals surface area contributed by atoms with Crippen LogP contribution in [0.4, 0.5) is 13.2 Å². The largest absolute Gasteiger partial charge is 0.573 e. The smallest absolute Gasteiger partial charge is 0.405 e. The number of hydrogen-bond acceptors (Lipinski definition) is 3. The van der Waals surface area contributed by atoms with Crippen molar-refractivity contribution < 1.29 is 22.7 Å². The van der Waals surface area contributed by atoms with Gasteiger partial charge in [0, 0.05) is 0 Å². The summed E-state index contributed by atoms with van der Waals surface area (Å²) in [4.78, 5) is 11.8. The van der Waals surface area contributed by atoms with Gasteiger partial charge in [-0.1, -0.05) is 26.0 Å². The van der Waals surface area contributed by atoms with Gasteiger partial charge in [-0.05, 0) is 17.4 Å². The first-order valence-electron chi connectivity index (χ1n) is 5.29. The summed E-state index contributed by atoms with van der Waals surface area (Å²) in [6.07, 6.45) is -4.79. The summed E-state index contributed by atoms with van der Waals surface area (Å²) in [7, 11) is 0. The van der Waals surface area contributed by atoms with Crippen LogP contribution in [0, 0.1) is 0 Å². The number of carbonyl (C=O) groups is 1. The number of thioether (sulfide) groups is 1. The van der Waals surface area contributed by atoms with Gasteiger partial charge in [0.25, 0.3) is 0 Å². The minimum atomic E-state index is -4.79. The van der Waals surface area contributed by atoms with Crippen molar-refractivity contribution in [1.82, 2.24) is 0 Å². The highest BCUT2D eigenvalue weighted by atomic mass is 32.2. The Hall–Kier alpha value is -1.17. The van der Waals surface area contributed by atoms with E-state index in [1.165, 1.54) is 30.0 Å². The van der Waals surface area contributed by atoms with E-state index in [0.29, 0.717) is 0 Å². The van der Waals surface area contributed by atoms with Crippen molar-refractivity contribution in [3.05, 3.63) is 29.8 Å². The quantitative estimate of drug-likeness (QED) is 0.764. The van der Waals surface area contributed by atoms with Crippen LogP contribution in [0.1, 0.15) is 24.2 Å². The van der Waals surface area contributed by atoms with Crippen LogP contribution in [-0.4, -0.2) is 23.1 Å². The third kappa shape index (κ3) is 5.00. The fourth-order valence-corrected chi connectivity index (χ4v) is 1.87. The molecule has 0 saturated carbocycles. The number of rotatable bonds is 5. The van der Waals surface area contributed by atoms with E-state index in [4.69, 9.17) is 0 Å². The zero-order valence-corrected chi connectivity index (χ0v) is 10.8.